The Balaban J connectivity index is 1.88. The van der Waals surface area contributed by atoms with E-state index >= 15 is 0 Å². The van der Waals surface area contributed by atoms with Gasteiger partial charge in [0.25, 0.3) is 0 Å². The maximum Gasteiger partial charge on any atom is 0.122 e. The molecule has 0 bridgehead atoms. The highest BCUT2D eigenvalue weighted by atomic mass is 16.5. The lowest BCUT2D eigenvalue weighted by Gasteiger charge is -2.07. The van der Waals surface area contributed by atoms with E-state index in [1.807, 2.05) is 18.2 Å². The van der Waals surface area contributed by atoms with Crippen molar-refractivity contribution in [1.82, 2.24) is 4.57 Å². The Morgan fingerprint density at radius 1 is 1.00 bits per heavy atom. The minimum atomic E-state index is 0.603. The predicted molar refractivity (Wildman–Crippen MR) is 78.4 cm³/mol. The molecule has 0 saturated carbocycles. The van der Waals surface area contributed by atoms with Crippen molar-refractivity contribution in [3.8, 4) is 5.75 Å². The van der Waals surface area contributed by atoms with Crippen molar-refractivity contribution in [1.29, 1.82) is 0 Å². The molecule has 19 heavy (non-hydrogen) atoms. The SMILES string of the molecule is Cc1ccccc1OCc1cn(C)c2ccccc12. The third-order valence-corrected chi connectivity index (χ3v) is 3.46. The number of para-hydroxylation sites is 2. The van der Waals surface area contributed by atoms with Gasteiger partial charge in [-0.15, -0.1) is 0 Å². The molecule has 0 spiro atoms. The monoisotopic (exact) mass is 251 g/mol. The Kier molecular flexibility index (Phi) is 3.00. The molecule has 96 valence electrons. The number of benzene rings is 2. The van der Waals surface area contributed by atoms with Crippen LogP contribution in [0.4, 0.5) is 0 Å². The molecule has 0 atom stereocenters. The predicted octanol–water partition coefficient (Wildman–Crippen LogP) is 4.07. The van der Waals surface area contributed by atoms with Crippen LogP contribution in [0.25, 0.3) is 10.9 Å². The average molecular weight is 251 g/mol. The van der Waals surface area contributed by atoms with Gasteiger partial charge in [0.15, 0.2) is 0 Å². The second kappa shape index (κ2) is 4.81. The quantitative estimate of drug-likeness (QED) is 0.684. The van der Waals surface area contributed by atoms with E-state index in [2.05, 4.69) is 55.1 Å². The molecule has 0 aliphatic carbocycles. The van der Waals surface area contributed by atoms with Crippen LogP contribution in [-0.4, -0.2) is 4.57 Å². The fraction of sp³-hybridized carbons (Fsp3) is 0.176. The van der Waals surface area contributed by atoms with E-state index in [4.69, 9.17) is 4.74 Å². The van der Waals surface area contributed by atoms with Crippen LogP contribution >= 0.6 is 0 Å². The summed E-state index contributed by atoms with van der Waals surface area (Å²) < 4.78 is 8.08. The van der Waals surface area contributed by atoms with E-state index in [0.29, 0.717) is 6.61 Å². The minimum absolute atomic E-state index is 0.603. The standard InChI is InChI=1S/C17H17NO/c1-13-7-3-6-10-17(13)19-12-14-11-18(2)16-9-5-4-8-15(14)16/h3-11H,12H2,1-2H3. The van der Waals surface area contributed by atoms with E-state index in [9.17, 15) is 0 Å². The maximum atomic E-state index is 5.93. The lowest BCUT2D eigenvalue weighted by atomic mass is 10.2. The third-order valence-electron chi connectivity index (χ3n) is 3.46. The van der Waals surface area contributed by atoms with Gasteiger partial charge in [-0.1, -0.05) is 36.4 Å². The summed E-state index contributed by atoms with van der Waals surface area (Å²) in [6.07, 6.45) is 2.14. The molecule has 2 aromatic carbocycles. The van der Waals surface area contributed by atoms with E-state index < -0.39 is 0 Å². The molecule has 0 saturated heterocycles. The third kappa shape index (κ3) is 2.22. The summed E-state index contributed by atoms with van der Waals surface area (Å²) in [6.45, 7) is 2.67. The van der Waals surface area contributed by atoms with Crippen LogP contribution in [0.3, 0.4) is 0 Å². The number of nitrogens with zero attached hydrogens (tertiary/aromatic N) is 1. The van der Waals surface area contributed by atoms with Gasteiger partial charge in [0.2, 0.25) is 0 Å². The number of hydrogen-bond acceptors (Lipinski definition) is 1. The van der Waals surface area contributed by atoms with Gasteiger partial charge in [0, 0.05) is 29.7 Å². The van der Waals surface area contributed by atoms with E-state index in [1.54, 1.807) is 0 Å². The summed E-state index contributed by atoms with van der Waals surface area (Å²) in [5, 5.41) is 1.26. The zero-order chi connectivity index (χ0) is 13.2. The Labute approximate surface area is 113 Å². The smallest absolute Gasteiger partial charge is 0.122 e. The maximum absolute atomic E-state index is 5.93. The van der Waals surface area contributed by atoms with Gasteiger partial charge in [0.05, 0.1) is 0 Å². The molecule has 0 N–H and O–H groups in total. The van der Waals surface area contributed by atoms with Gasteiger partial charge < -0.3 is 9.30 Å². The highest BCUT2D eigenvalue weighted by Crippen LogP contribution is 2.23. The van der Waals surface area contributed by atoms with Crippen LogP contribution in [0.1, 0.15) is 11.1 Å². The van der Waals surface area contributed by atoms with Gasteiger partial charge in [0.1, 0.15) is 12.4 Å². The average Bonchev–Trinajstić information content (AvgIpc) is 2.75. The molecule has 0 aliphatic heterocycles. The van der Waals surface area contributed by atoms with Gasteiger partial charge >= 0.3 is 0 Å². The van der Waals surface area contributed by atoms with Crippen molar-refractivity contribution >= 4 is 10.9 Å². The van der Waals surface area contributed by atoms with Crippen LogP contribution in [0.5, 0.6) is 5.75 Å². The largest absolute Gasteiger partial charge is 0.489 e. The molecule has 3 rings (SSSR count). The molecule has 3 aromatic rings. The number of aryl methyl sites for hydroxylation is 2. The number of hydrogen-bond donors (Lipinski definition) is 0. The van der Waals surface area contributed by atoms with Crippen molar-refractivity contribution < 1.29 is 4.74 Å². The molecule has 0 aliphatic rings. The van der Waals surface area contributed by atoms with Crippen molar-refractivity contribution in [3.63, 3.8) is 0 Å². The van der Waals surface area contributed by atoms with Crippen LogP contribution < -0.4 is 4.74 Å². The van der Waals surface area contributed by atoms with Crippen molar-refractivity contribution in [2.75, 3.05) is 0 Å². The molecular weight excluding hydrogens is 234 g/mol. The molecule has 0 fully saturated rings. The Hall–Kier alpha value is -2.22. The molecule has 0 unspecified atom stereocenters. The normalized spacial score (nSPS) is 10.8. The molecule has 2 heteroatoms. The van der Waals surface area contributed by atoms with Gasteiger partial charge in [-0.25, -0.2) is 0 Å². The summed E-state index contributed by atoms with van der Waals surface area (Å²) in [5.41, 5.74) is 3.63. The molecule has 1 aromatic heterocycles. The van der Waals surface area contributed by atoms with E-state index in [-0.39, 0.29) is 0 Å². The first-order valence-electron chi connectivity index (χ1n) is 6.47. The fourth-order valence-corrected chi connectivity index (χ4v) is 2.41. The molecule has 2 nitrogen and oxygen atoms in total. The minimum Gasteiger partial charge on any atom is -0.489 e. The number of fused-ring (bicyclic) bond motifs is 1. The highest BCUT2D eigenvalue weighted by molar-refractivity contribution is 5.83. The lowest BCUT2D eigenvalue weighted by Crippen LogP contribution is -1.96. The second-order valence-corrected chi connectivity index (χ2v) is 4.84. The van der Waals surface area contributed by atoms with Crippen LogP contribution in [0.2, 0.25) is 0 Å². The van der Waals surface area contributed by atoms with Crippen LogP contribution in [-0.2, 0) is 13.7 Å². The molecular formula is C17H17NO. The summed E-state index contributed by atoms with van der Waals surface area (Å²) in [7, 11) is 2.07. The van der Waals surface area contributed by atoms with Crippen molar-refractivity contribution in [3.05, 3.63) is 65.9 Å². The zero-order valence-electron chi connectivity index (χ0n) is 11.3. The number of rotatable bonds is 3. The summed E-state index contributed by atoms with van der Waals surface area (Å²) in [4.78, 5) is 0. The van der Waals surface area contributed by atoms with E-state index in [1.165, 1.54) is 22.0 Å². The first-order chi connectivity index (χ1) is 9.25. The first-order valence-corrected chi connectivity index (χ1v) is 6.47. The lowest BCUT2D eigenvalue weighted by molar-refractivity contribution is 0.305. The van der Waals surface area contributed by atoms with Gasteiger partial charge in [-0.3, -0.25) is 0 Å². The van der Waals surface area contributed by atoms with Crippen LogP contribution in [0, 0.1) is 6.92 Å². The Bertz CT molecular complexity index is 712. The Morgan fingerprint density at radius 2 is 1.74 bits per heavy atom. The molecule has 1 heterocycles. The van der Waals surface area contributed by atoms with Gasteiger partial charge in [-0.2, -0.15) is 0 Å². The second-order valence-electron chi connectivity index (χ2n) is 4.84. The van der Waals surface area contributed by atoms with Crippen molar-refractivity contribution in [2.24, 2.45) is 7.05 Å². The van der Waals surface area contributed by atoms with Crippen LogP contribution in [0.15, 0.2) is 54.7 Å². The van der Waals surface area contributed by atoms with Crippen molar-refractivity contribution in [2.45, 2.75) is 13.5 Å². The topological polar surface area (TPSA) is 14.2 Å². The molecule has 0 radical (unpaired) electrons. The summed E-state index contributed by atoms with van der Waals surface area (Å²) in [6, 6.07) is 16.5. The number of ether oxygens (including phenoxy) is 1. The summed E-state index contributed by atoms with van der Waals surface area (Å²) in [5.74, 6) is 0.954. The highest BCUT2D eigenvalue weighted by Gasteiger charge is 2.07. The Morgan fingerprint density at radius 3 is 2.58 bits per heavy atom. The van der Waals surface area contributed by atoms with Gasteiger partial charge in [-0.05, 0) is 24.6 Å². The number of aromatic nitrogens is 1. The first kappa shape index (κ1) is 11.8. The summed E-state index contributed by atoms with van der Waals surface area (Å²) >= 11 is 0. The zero-order valence-corrected chi connectivity index (χ0v) is 11.3. The fourth-order valence-electron chi connectivity index (χ4n) is 2.41. The molecule has 0 amide bonds. The van der Waals surface area contributed by atoms with E-state index in [0.717, 1.165) is 5.75 Å².